The molecule has 0 saturated carbocycles. The molecule has 0 aromatic carbocycles. The average molecular weight is 246 g/mol. The number of nitrogens with one attached hydrogen (secondary N) is 2. The zero-order valence-corrected chi connectivity index (χ0v) is 11.4. The lowest BCUT2D eigenvalue weighted by atomic mass is 9.98. The van der Waals surface area contributed by atoms with E-state index in [2.05, 4.69) is 30.2 Å². The fourth-order valence-corrected chi connectivity index (χ4v) is 1.80. The molecule has 1 unspecified atom stereocenters. The summed E-state index contributed by atoms with van der Waals surface area (Å²) in [6.45, 7) is 7.40. The highest BCUT2D eigenvalue weighted by Crippen LogP contribution is 2.10. The van der Waals surface area contributed by atoms with Crippen LogP contribution in [0.5, 0.6) is 0 Å². The van der Waals surface area contributed by atoms with Crippen molar-refractivity contribution in [3.8, 4) is 0 Å². The van der Waals surface area contributed by atoms with E-state index < -0.39 is 6.04 Å². The summed E-state index contributed by atoms with van der Waals surface area (Å²) in [5, 5.41) is 5.48. The van der Waals surface area contributed by atoms with Gasteiger partial charge >= 0.3 is 0 Å². The molecule has 0 radical (unpaired) electrons. The van der Waals surface area contributed by atoms with E-state index in [-0.39, 0.29) is 17.4 Å². The summed E-state index contributed by atoms with van der Waals surface area (Å²) < 4.78 is 0. The summed E-state index contributed by atoms with van der Waals surface area (Å²) in [5.74, 6) is -0.0979. The Morgan fingerprint density at radius 2 is 1.94 bits per heavy atom. The van der Waals surface area contributed by atoms with Gasteiger partial charge < -0.3 is 10.6 Å². The number of hydrogen-bond donors (Lipinski definition) is 3. The molecule has 4 nitrogen and oxygen atoms in total. The van der Waals surface area contributed by atoms with Gasteiger partial charge in [0.25, 0.3) is 0 Å². The van der Waals surface area contributed by atoms with E-state index in [1.165, 1.54) is 6.92 Å². The zero-order chi connectivity index (χ0) is 12.8. The van der Waals surface area contributed by atoms with E-state index in [4.69, 9.17) is 0 Å². The average Bonchev–Trinajstić information content (AvgIpc) is 2.12. The second kappa shape index (κ2) is 6.78. The van der Waals surface area contributed by atoms with E-state index in [0.717, 1.165) is 12.8 Å². The normalized spacial score (nSPS) is 13.1. The van der Waals surface area contributed by atoms with Gasteiger partial charge in [-0.2, -0.15) is 12.6 Å². The van der Waals surface area contributed by atoms with Gasteiger partial charge in [0.1, 0.15) is 6.04 Å². The van der Waals surface area contributed by atoms with Crippen LogP contribution in [0.3, 0.4) is 0 Å². The number of rotatable bonds is 6. The van der Waals surface area contributed by atoms with Crippen LogP contribution < -0.4 is 10.6 Å². The fraction of sp³-hybridized carbons (Fsp3) is 0.818. The first-order chi connectivity index (χ1) is 7.32. The maximum absolute atomic E-state index is 11.8. The Morgan fingerprint density at radius 3 is 2.31 bits per heavy atom. The van der Waals surface area contributed by atoms with Crippen LogP contribution in [0.25, 0.3) is 0 Å². The first-order valence-electron chi connectivity index (χ1n) is 5.52. The highest BCUT2D eigenvalue weighted by atomic mass is 32.1. The van der Waals surface area contributed by atoms with Gasteiger partial charge in [0, 0.05) is 18.2 Å². The Balaban J connectivity index is 4.36. The molecule has 0 aliphatic carbocycles. The molecule has 2 N–H and O–H groups in total. The molecule has 0 heterocycles. The summed E-state index contributed by atoms with van der Waals surface area (Å²) in [7, 11) is 0. The molecule has 16 heavy (non-hydrogen) atoms. The molecule has 94 valence electrons. The minimum absolute atomic E-state index is 0.177. The van der Waals surface area contributed by atoms with Gasteiger partial charge in [-0.3, -0.25) is 9.59 Å². The number of thiol groups is 1. The van der Waals surface area contributed by atoms with Crippen molar-refractivity contribution >= 4 is 24.4 Å². The van der Waals surface area contributed by atoms with Crippen LogP contribution in [0, 0.1) is 0 Å². The van der Waals surface area contributed by atoms with Gasteiger partial charge in [-0.05, 0) is 20.3 Å². The Kier molecular flexibility index (Phi) is 6.48. The summed E-state index contributed by atoms with van der Waals surface area (Å²) in [5.41, 5.74) is -0.245. The van der Waals surface area contributed by atoms with Crippen LogP contribution in [0.2, 0.25) is 0 Å². The predicted molar refractivity (Wildman–Crippen MR) is 68.6 cm³/mol. The molecule has 0 fully saturated rings. The third-order valence-electron chi connectivity index (χ3n) is 2.21. The molecule has 1 atom stereocenters. The maximum atomic E-state index is 11.8. The van der Waals surface area contributed by atoms with Crippen molar-refractivity contribution in [2.45, 2.75) is 52.1 Å². The van der Waals surface area contributed by atoms with E-state index in [9.17, 15) is 9.59 Å². The topological polar surface area (TPSA) is 58.2 Å². The Labute approximate surface area is 103 Å². The van der Waals surface area contributed by atoms with Crippen molar-refractivity contribution < 1.29 is 9.59 Å². The Morgan fingerprint density at radius 1 is 1.38 bits per heavy atom. The van der Waals surface area contributed by atoms with Gasteiger partial charge in [0.05, 0.1) is 0 Å². The zero-order valence-electron chi connectivity index (χ0n) is 10.5. The summed E-state index contributed by atoms with van der Waals surface area (Å²) in [6, 6.07) is -0.558. The number of carbonyl (C=O) groups is 2. The molecule has 0 aromatic rings. The van der Waals surface area contributed by atoms with Gasteiger partial charge in [-0.15, -0.1) is 0 Å². The molecule has 2 amide bonds. The van der Waals surface area contributed by atoms with Crippen LogP contribution in [-0.2, 0) is 9.59 Å². The van der Waals surface area contributed by atoms with E-state index in [1.54, 1.807) is 0 Å². The second-order valence-corrected chi connectivity index (χ2v) is 4.92. The number of hydrogen-bond acceptors (Lipinski definition) is 3. The number of amides is 2. The minimum atomic E-state index is -0.558. The van der Waals surface area contributed by atoms with Crippen molar-refractivity contribution in [1.29, 1.82) is 0 Å². The van der Waals surface area contributed by atoms with Gasteiger partial charge in [-0.25, -0.2) is 0 Å². The number of carbonyl (C=O) groups excluding carboxylic acids is 2. The third kappa shape index (κ3) is 6.00. The van der Waals surface area contributed by atoms with Gasteiger partial charge in [0.15, 0.2) is 0 Å². The minimum Gasteiger partial charge on any atom is -0.349 e. The largest absolute Gasteiger partial charge is 0.349 e. The van der Waals surface area contributed by atoms with Crippen molar-refractivity contribution in [1.82, 2.24) is 10.6 Å². The monoisotopic (exact) mass is 246 g/mol. The van der Waals surface area contributed by atoms with Crippen LogP contribution >= 0.6 is 12.6 Å². The lowest BCUT2D eigenvalue weighted by Gasteiger charge is -2.28. The maximum Gasteiger partial charge on any atom is 0.243 e. The van der Waals surface area contributed by atoms with Gasteiger partial charge in [-0.1, -0.05) is 13.3 Å². The summed E-state index contributed by atoms with van der Waals surface area (Å²) in [4.78, 5) is 22.7. The predicted octanol–water partition coefficient (Wildman–Crippen LogP) is 1.12. The fourth-order valence-electron chi connectivity index (χ4n) is 1.55. The van der Waals surface area contributed by atoms with Crippen LogP contribution in [0.4, 0.5) is 0 Å². The highest BCUT2D eigenvalue weighted by Gasteiger charge is 2.24. The van der Waals surface area contributed by atoms with Crippen molar-refractivity contribution in [3.63, 3.8) is 0 Å². The van der Waals surface area contributed by atoms with Crippen molar-refractivity contribution in [3.05, 3.63) is 0 Å². The van der Waals surface area contributed by atoms with Crippen LogP contribution in [-0.4, -0.2) is 29.1 Å². The first kappa shape index (κ1) is 15.3. The highest BCUT2D eigenvalue weighted by molar-refractivity contribution is 7.80. The molecule has 0 spiro atoms. The second-order valence-electron chi connectivity index (χ2n) is 4.56. The molecule has 0 bridgehead atoms. The third-order valence-corrected chi connectivity index (χ3v) is 2.58. The van der Waals surface area contributed by atoms with Crippen LogP contribution in [0.1, 0.15) is 40.5 Å². The van der Waals surface area contributed by atoms with Crippen LogP contribution in [0.15, 0.2) is 0 Å². The van der Waals surface area contributed by atoms with Crippen molar-refractivity contribution in [2.75, 3.05) is 5.75 Å². The van der Waals surface area contributed by atoms with E-state index in [0.29, 0.717) is 5.75 Å². The molecule has 0 aliphatic heterocycles. The first-order valence-corrected chi connectivity index (χ1v) is 6.15. The molecule has 0 rings (SSSR count). The van der Waals surface area contributed by atoms with Crippen molar-refractivity contribution in [2.24, 2.45) is 0 Å². The quantitative estimate of drug-likeness (QED) is 0.615. The lowest BCUT2D eigenvalue weighted by Crippen LogP contribution is -2.53. The standard InChI is InChI=1S/C11H22N2O2S/c1-5-6-11(3,4)13-10(15)9(7-16)12-8(2)14/h9,16H,5-7H2,1-4H3,(H,12,14)(H,13,15). The Hall–Kier alpha value is -0.710. The Bertz CT molecular complexity index is 254. The molecular weight excluding hydrogens is 224 g/mol. The summed E-state index contributed by atoms with van der Waals surface area (Å²) in [6.07, 6.45) is 1.90. The molecule has 0 aliphatic rings. The van der Waals surface area contributed by atoms with Gasteiger partial charge in [0.2, 0.25) is 11.8 Å². The summed E-state index contributed by atoms with van der Waals surface area (Å²) >= 11 is 4.06. The molecule has 0 aromatic heterocycles. The van der Waals surface area contributed by atoms with E-state index >= 15 is 0 Å². The smallest absolute Gasteiger partial charge is 0.243 e. The molecular formula is C11H22N2O2S. The molecule has 0 saturated heterocycles. The SMILES string of the molecule is CCCC(C)(C)NC(=O)C(CS)NC(C)=O. The molecule has 5 heteroatoms. The lowest BCUT2D eigenvalue weighted by molar-refractivity contribution is -0.128. The van der Waals surface area contributed by atoms with E-state index in [1.807, 2.05) is 13.8 Å².